The molecule has 2 amide bonds. The van der Waals surface area contributed by atoms with Crippen molar-refractivity contribution in [3.63, 3.8) is 0 Å². The highest BCUT2D eigenvalue weighted by Crippen LogP contribution is 2.17. The van der Waals surface area contributed by atoms with E-state index in [-0.39, 0.29) is 12.3 Å². The van der Waals surface area contributed by atoms with Crippen molar-refractivity contribution in [2.24, 2.45) is 0 Å². The average Bonchev–Trinajstić information content (AvgIpc) is 2.71. The summed E-state index contributed by atoms with van der Waals surface area (Å²) in [6, 6.07) is 0.314. The second-order valence-corrected chi connectivity index (χ2v) is 4.45. The Morgan fingerprint density at radius 2 is 1.80 bits per heavy atom. The lowest BCUT2D eigenvalue weighted by Gasteiger charge is -2.23. The lowest BCUT2D eigenvalue weighted by molar-refractivity contribution is 0.0899. The van der Waals surface area contributed by atoms with Crippen LogP contribution in [0.5, 0.6) is 0 Å². The number of urea groups is 1. The summed E-state index contributed by atoms with van der Waals surface area (Å²) in [5.41, 5.74) is 0. The van der Waals surface area contributed by atoms with Crippen LogP contribution in [-0.2, 0) is 4.74 Å². The zero-order valence-corrected chi connectivity index (χ0v) is 9.13. The summed E-state index contributed by atoms with van der Waals surface area (Å²) in [6.07, 6.45) is 7.97. The van der Waals surface area contributed by atoms with Crippen LogP contribution in [0, 0.1) is 0 Å². The quantitative estimate of drug-likeness (QED) is 0.732. The summed E-state index contributed by atoms with van der Waals surface area (Å²) in [5, 5.41) is 5.87. The van der Waals surface area contributed by atoms with Gasteiger partial charge in [0.05, 0.1) is 0 Å². The van der Waals surface area contributed by atoms with Gasteiger partial charge in [0.2, 0.25) is 0 Å². The third-order valence-corrected chi connectivity index (χ3v) is 3.16. The summed E-state index contributed by atoms with van der Waals surface area (Å²) < 4.78 is 5.34. The highest BCUT2D eigenvalue weighted by Gasteiger charge is 2.20. The molecular weight excluding hydrogens is 192 g/mol. The van der Waals surface area contributed by atoms with Gasteiger partial charge >= 0.3 is 6.03 Å². The molecule has 0 spiro atoms. The molecule has 4 heteroatoms. The Hall–Kier alpha value is -0.770. The molecule has 0 aromatic heterocycles. The Kier molecular flexibility index (Phi) is 3.83. The summed E-state index contributed by atoms with van der Waals surface area (Å²) >= 11 is 0. The molecule has 2 rings (SSSR count). The monoisotopic (exact) mass is 212 g/mol. The van der Waals surface area contributed by atoms with Gasteiger partial charge < -0.3 is 15.4 Å². The van der Waals surface area contributed by atoms with Crippen LogP contribution >= 0.6 is 0 Å². The predicted octanol–water partition coefficient (Wildman–Crippen LogP) is 1.75. The van der Waals surface area contributed by atoms with E-state index in [0.29, 0.717) is 6.04 Å². The SMILES string of the molecule is O=C(NC1CCCCC1)NC1CCCO1. The number of nitrogens with one attached hydrogen (secondary N) is 2. The van der Waals surface area contributed by atoms with E-state index in [4.69, 9.17) is 4.74 Å². The van der Waals surface area contributed by atoms with E-state index in [2.05, 4.69) is 10.6 Å². The number of hydrogen-bond acceptors (Lipinski definition) is 2. The Balaban J connectivity index is 1.66. The van der Waals surface area contributed by atoms with E-state index in [9.17, 15) is 4.79 Å². The van der Waals surface area contributed by atoms with Crippen LogP contribution in [-0.4, -0.2) is 24.9 Å². The van der Waals surface area contributed by atoms with Crippen LogP contribution in [0.25, 0.3) is 0 Å². The Morgan fingerprint density at radius 3 is 2.47 bits per heavy atom. The molecule has 1 saturated heterocycles. The molecular formula is C11H20N2O2. The van der Waals surface area contributed by atoms with Gasteiger partial charge in [-0.2, -0.15) is 0 Å². The van der Waals surface area contributed by atoms with Crippen molar-refractivity contribution < 1.29 is 9.53 Å². The summed E-state index contributed by atoms with van der Waals surface area (Å²) in [5.74, 6) is 0. The molecule has 1 aliphatic heterocycles. The molecule has 0 aromatic carbocycles. The van der Waals surface area contributed by atoms with Gasteiger partial charge in [0.25, 0.3) is 0 Å². The zero-order valence-electron chi connectivity index (χ0n) is 9.13. The fraction of sp³-hybridized carbons (Fsp3) is 0.909. The minimum absolute atomic E-state index is 0.0613. The first-order valence-corrected chi connectivity index (χ1v) is 6.03. The third kappa shape index (κ3) is 3.38. The predicted molar refractivity (Wildman–Crippen MR) is 57.5 cm³/mol. The van der Waals surface area contributed by atoms with Gasteiger partial charge in [-0.3, -0.25) is 0 Å². The van der Waals surface area contributed by atoms with Gasteiger partial charge in [0.1, 0.15) is 6.23 Å². The lowest BCUT2D eigenvalue weighted by atomic mass is 9.96. The molecule has 1 unspecified atom stereocenters. The Bertz CT molecular complexity index is 209. The van der Waals surface area contributed by atoms with Gasteiger partial charge in [0, 0.05) is 12.6 Å². The van der Waals surface area contributed by atoms with Gasteiger partial charge in [0.15, 0.2) is 0 Å². The molecule has 15 heavy (non-hydrogen) atoms. The fourth-order valence-electron chi connectivity index (χ4n) is 2.31. The summed E-state index contributed by atoms with van der Waals surface area (Å²) in [6.45, 7) is 0.772. The largest absolute Gasteiger partial charge is 0.358 e. The maximum atomic E-state index is 11.6. The molecule has 4 nitrogen and oxygen atoms in total. The first kappa shape index (κ1) is 10.7. The van der Waals surface area contributed by atoms with Crippen LogP contribution in [0.2, 0.25) is 0 Å². The normalized spacial score (nSPS) is 27.6. The number of hydrogen-bond donors (Lipinski definition) is 2. The maximum Gasteiger partial charge on any atom is 0.317 e. The average molecular weight is 212 g/mol. The number of rotatable bonds is 2. The molecule has 2 N–H and O–H groups in total. The fourth-order valence-corrected chi connectivity index (χ4v) is 2.31. The maximum absolute atomic E-state index is 11.6. The molecule has 0 radical (unpaired) electrons. The first-order valence-electron chi connectivity index (χ1n) is 6.03. The van der Waals surface area contributed by atoms with Crippen LogP contribution < -0.4 is 10.6 Å². The number of carbonyl (C=O) groups is 1. The molecule has 2 aliphatic rings. The number of amides is 2. The topological polar surface area (TPSA) is 50.4 Å². The van der Waals surface area contributed by atoms with Crippen molar-refractivity contribution in [3.8, 4) is 0 Å². The lowest BCUT2D eigenvalue weighted by Crippen LogP contribution is -2.46. The summed E-state index contributed by atoms with van der Waals surface area (Å²) in [7, 11) is 0. The van der Waals surface area contributed by atoms with E-state index >= 15 is 0 Å². The smallest absolute Gasteiger partial charge is 0.317 e. The highest BCUT2D eigenvalue weighted by molar-refractivity contribution is 5.74. The van der Waals surface area contributed by atoms with E-state index in [1.54, 1.807) is 0 Å². The van der Waals surface area contributed by atoms with Crippen LogP contribution in [0.4, 0.5) is 4.79 Å². The van der Waals surface area contributed by atoms with Gasteiger partial charge in [-0.1, -0.05) is 19.3 Å². The van der Waals surface area contributed by atoms with Crippen molar-refractivity contribution >= 4 is 6.03 Å². The zero-order chi connectivity index (χ0) is 10.5. The molecule has 0 aromatic rings. The molecule has 0 bridgehead atoms. The standard InChI is InChI=1S/C11H20N2O2/c14-11(13-10-7-4-8-15-10)12-9-5-2-1-3-6-9/h9-10H,1-8H2,(H2,12,13,14). The Morgan fingerprint density at radius 1 is 1.00 bits per heavy atom. The molecule has 1 aliphatic carbocycles. The minimum atomic E-state index is -0.0615. The van der Waals surface area contributed by atoms with Gasteiger partial charge in [-0.25, -0.2) is 4.79 Å². The van der Waals surface area contributed by atoms with E-state index in [1.165, 1.54) is 19.3 Å². The van der Waals surface area contributed by atoms with Crippen LogP contribution in [0.1, 0.15) is 44.9 Å². The minimum Gasteiger partial charge on any atom is -0.358 e. The molecule has 1 atom stereocenters. The van der Waals surface area contributed by atoms with Crippen molar-refractivity contribution in [2.75, 3.05) is 6.61 Å². The van der Waals surface area contributed by atoms with E-state index < -0.39 is 0 Å². The molecule has 2 fully saturated rings. The van der Waals surface area contributed by atoms with Crippen molar-refractivity contribution in [3.05, 3.63) is 0 Å². The Labute approximate surface area is 90.8 Å². The molecule has 1 heterocycles. The first-order chi connectivity index (χ1) is 7.34. The van der Waals surface area contributed by atoms with Crippen LogP contribution in [0.15, 0.2) is 0 Å². The van der Waals surface area contributed by atoms with Gasteiger partial charge in [-0.15, -0.1) is 0 Å². The van der Waals surface area contributed by atoms with Crippen molar-refractivity contribution in [2.45, 2.75) is 57.2 Å². The highest BCUT2D eigenvalue weighted by atomic mass is 16.5. The summed E-state index contributed by atoms with van der Waals surface area (Å²) in [4.78, 5) is 11.6. The molecule has 86 valence electrons. The van der Waals surface area contributed by atoms with E-state index in [0.717, 1.165) is 32.3 Å². The van der Waals surface area contributed by atoms with Gasteiger partial charge in [-0.05, 0) is 25.7 Å². The number of carbonyl (C=O) groups excluding carboxylic acids is 1. The number of ether oxygens (including phenoxy) is 1. The second kappa shape index (κ2) is 5.35. The third-order valence-electron chi connectivity index (χ3n) is 3.16. The van der Waals surface area contributed by atoms with Crippen molar-refractivity contribution in [1.82, 2.24) is 10.6 Å². The molecule has 1 saturated carbocycles. The van der Waals surface area contributed by atoms with Crippen molar-refractivity contribution in [1.29, 1.82) is 0 Å². The van der Waals surface area contributed by atoms with Crippen LogP contribution in [0.3, 0.4) is 0 Å². The second-order valence-electron chi connectivity index (χ2n) is 4.45. The van der Waals surface area contributed by atoms with E-state index in [1.807, 2.05) is 0 Å².